The average molecular weight is 248 g/mol. The quantitative estimate of drug-likeness (QED) is 0.806. The van der Waals surface area contributed by atoms with Gasteiger partial charge in [-0.15, -0.1) is 0 Å². The molecule has 0 radical (unpaired) electrons. The lowest BCUT2D eigenvalue weighted by atomic mass is 10.4. The molecule has 0 unspecified atom stereocenters. The number of benzene rings is 1. The molecule has 1 aromatic carbocycles. The Morgan fingerprint density at radius 3 is 2.40 bits per heavy atom. The number of nitrogens with one attached hydrogen (secondary N) is 1. The second kappa shape index (κ2) is 5.49. The third-order valence-corrected chi connectivity index (χ3v) is 3.95. The summed E-state index contributed by atoms with van der Waals surface area (Å²) >= 11 is 5.68. The zero-order chi connectivity index (χ0) is 11.3. The molecule has 0 saturated heterocycles. The molecule has 0 aliphatic rings. The van der Waals surface area contributed by atoms with Gasteiger partial charge in [-0.05, 0) is 30.8 Å². The summed E-state index contributed by atoms with van der Waals surface area (Å²) in [6.45, 7) is 3.19. The second-order valence-corrected chi connectivity index (χ2v) is 5.67. The van der Waals surface area contributed by atoms with Crippen LogP contribution in [0.25, 0.3) is 0 Å². The van der Waals surface area contributed by atoms with E-state index in [2.05, 4.69) is 5.32 Å². The van der Waals surface area contributed by atoms with Gasteiger partial charge in [0.2, 0.25) is 0 Å². The van der Waals surface area contributed by atoms with E-state index < -0.39 is 9.84 Å². The second-order valence-electron chi connectivity index (χ2n) is 3.13. The molecule has 15 heavy (non-hydrogen) atoms. The Hall–Kier alpha value is -0.580. The van der Waals surface area contributed by atoms with Gasteiger partial charge in [0, 0.05) is 11.6 Å². The molecule has 0 heterocycles. The van der Waals surface area contributed by atoms with E-state index in [0.717, 1.165) is 6.54 Å². The first-order chi connectivity index (χ1) is 7.06. The maximum absolute atomic E-state index is 11.7. The summed E-state index contributed by atoms with van der Waals surface area (Å²) in [5, 5.41) is 3.52. The van der Waals surface area contributed by atoms with Crippen molar-refractivity contribution in [1.29, 1.82) is 0 Å². The van der Waals surface area contributed by atoms with E-state index in [1.807, 2.05) is 6.92 Å². The van der Waals surface area contributed by atoms with Gasteiger partial charge in [0.1, 0.15) is 0 Å². The molecule has 0 aromatic heterocycles. The van der Waals surface area contributed by atoms with Crippen molar-refractivity contribution < 1.29 is 8.42 Å². The minimum absolute atomic E-state index is 0.114. The first-order valence-electron chi connectivity index (χ1n) is 4.75. The molecular formula is C10H14ClNO2S. The zero-order valence-corrected chi connectivity index (χ0v) is 10.1. The van der Waals surface area contributed by atoms with Crippen molar-refractivity contribution in [3.63, 3.8) is 0 Å². The van der Waals surface area contributed by atoms with Gasteiger partial charge in [-0.1, -0.05) is 18.5 Å². The molecule has 0 amide bonds. The maximum Gasteiger partial charge on any atom is 0.179 e. The molecule has 0 aliphatic heterocycles. The Balaban J connectivity index is 2.73. The van der Waals surface area contributed by atoms with Gasteiger partial charge in [0.25, 0.3) is 0 Å². The van der Waals surface area contributed by atoms with Crippen LogP contribution in [0.4, 0.5) is 0 Å². The van der Waals surface area contributed by atoms with Crippen molar-refractivity contribution in [2.24, 2.45) is 0 Å². The maximum atomic E-state index is 11.7. The summed E-state index contributed by atoms with van der Waals surface area (Å²) in [5.41, 5.74) is 0. The normalized spacial score (nSPS) is 11.6. The van der Waals surface area contributed by atoms with Crippen LogP contribution in [0.2, 0.25) is 5.02 Å². The topological polar surface area (TPSA) is 46.2 Å². The number of hydrogen-bond donors (Lipinski definition) is 1. The Labute approximate surface area is 95.4 Å². The Morgan fingerprint density at radius 2 is 1.87 bits per heavy atom. The van der Waals surface area contributed by atoms with Gasteiger partial charge < -0.3 is 5.32 Å². The number of halogens is 1. The van der Waals surface area contributed by atoms with Crippen LogP contribution in [-0.2, 0) is 9.84 Å². The summed E-state index contributed by atoms with van der Waals surface area (Å²) < 4.78 is 23.5. The lowest BCUT2D eigenvalue weighted by molar-refractivity contribution is 0.592. The summed E-state index contributed by atoms with van der Waals surface area (Å²) in [6.07, 6.45) is 0. The van der Waals surface area contributed by atoms with E-state index >= 15 is 0 Å². The van der Waals surface area contributed by atoms with Crippen molar-refractivity contribution in [3.8, 4) is 0 Å². The first-order valence-corrected chi connectivity index (χ1v) is 6.78. The van der Waals surface area contributed by atoms with Gasteiger partial charge >= 0.3 is 0 Å². The highest BCUT2D eigenvalue weighted by Gasteiger charge is 2.12. The van der Waals surface area contributed by atoms with Gasteiger partial charge in [0.05, 0.1) is 10.6 Å². The predicted molar refractivity (Wildman–Crippen MR) is 62.0 cm³/mol. The standard InChI is InChI=1S/C10H14ClNO2S/c1-2-12-7-8-15(13,14)10-5-3-9(11)4-6-10/h3-6,12H,2,7-8H2,1H3. The third kappa shape index (κ3) is 3.81. The van der Waals surface area contributed by atoms with Crippen molar-refractivity contribution in [2.75, 3.05) is 18.8 Å². The molecule has 1 aromatic rings. The molecule has 0 atom stereocenters. The largest absolute Gasteiger partial charge is 0.316 e. The molecule has 84 valence electrons. The molecule has 5 heteroatoms. The van der Waals surface area contributed by atoms with Gasteiger partial charge in [0.15, 0.2) is 9.84 Å². The molecule has 0 aliphatic carbocycles. The van der Waals surface area contributed by atoms with Gasteiger partial charge in [-0.3, -0.25) is 0 Å². The Morgan fingerprint density at radius 1 is 1.27 bits per heavy atom. The molecule has 0 saturated carbocycles. The molecule has 0 spiro atoms. The summed E-state index contributed by atoms with van der Waals surface area (Å²) in [7, 11) is -3.17. The SMILES string of the molecule is CCNCCS(=O)(=O)c1ccc(Cl)cc1. The first kappa shape index (κ1) is 12.5. The van der Waals surface area contributed by atoms with E-state index in [-0.39, 0.29) is 5.75 Å². The fraction of sp³-hybridized carbons (Fsp3) is 0.400. The Bertz CT molecular complexity index is 400. The van der Waals surface area contributed by atoms with Crippen LogP contribution < -0.4 is 5.32 Å². The van der Waals surface area contributed by atoms with Crippen LogP contribution in [0.3, 0.4) is 0 Å². The van der Waals surface area contributed by atoms with Crippen LogP contribution in [-0.4, -0.2) is 27.3 Å². The van der Waals surface area contributed by atoms with Gasteiger partial charge in [-0.25, -0.2) is 8.42 Å². The van der Waals surface area contributed by atoms with Crippen molar-refractivity contribution in [3.05, 3.63) is 29.3 Å². The molecule has 1 N–H and O–H groups in total. The molecule has 1 rings (SSSR count). The van der Waals surface area contributed by atoms with Gasteiger partial charge in [-0.2, -0.15) is 0 Å². The monoisotopic (exact) mass is 247 g/mol. The highest BCUT2D eigenvalue weighted by atomic mass is 35.5. The smallest absolute Gasteiger partial charge is 0.179 e. The molecule has 0 bridgehead atoms. The van der Waals surface area contributed by atoms with Crippen LogP contribution in [0, 0.1) is 0 Å². The number of hydrogen-bond acceptors (Lipinski definition) is 3. The van der Waals surface area contributed by atoms with Crippen LogP contribution in [0.15, 0.2) is 29.2 Å². The van der Waals surface area contributed by atoms with E-state index in [9.17, 15) is 8.42 Å². The van der Waals surface area contributed by atoms with Crippen molar-refractivity contribution >= 4 is 21.4 Å². The average Bonchev–Trinajstić information content (AvgIpc) is 2.18. The van der Waals surface area contributed by atoms with Crippen molar-refractivity contribution in [2.45, 2.75) is 11.8 Å². The van der Waals surface area contributed by atoms with E-state index in [1.165, 1.54) is 12.1 Å². The van der Waals surface area contributed by atoms with Crippen molar-refractivity contribution in [1.82, 2.24) is 5.32 Å². The Kier molecular flexibility index (Phi) is 4.57. The van der Waals surface area contributed by atoms with E-state index in [0.29, 0.717) is 16.5 Å². The lowest BCUT2D eigenvalue weighted by Gasteiger charge is -2.04. The fourth-order valence-corrected chi connectivity index (χ4v) is 2.47. The summed E-state index contributed by atoms with van der Waals surface area (Å²) in [6, 6.07) is 6.23. The molecule has 3 nitrogen and oxygen atoms in total. The molecule has 0 fully saturated rings. The zero-order valence-electron chi connectivity index (χ0n) is 8.53. The highest BCUT2D eigenvalue weighted by Crippen LogP contribution is 2.14. The third-order valence-electron chi connectivity index (χ3n) is 1.97. The number of sulfone groups is 1. The van der Waals surface area contributed by atoms with Crippen LogP contribution in [0.5, 0.6) is 0 Å². The predicted octanol–water partition coefficient (Wildman–Crippen LogP) is 1.72. The molecular weight excluding hydrogens is 234 g/mol. The van der Waals surface area contributed by atoms with E-state index in [1.54, 1.807) is 12.1 Å². The summed E-state index contributed by atoms with van der Waals surface area (Å²) in [5.74, 6) is 0.114. The highest BCUT2D eigenvalue weighted by molar-refractivity contribution is 7.91. The minimum atomic E-state index is -3.17. The number of rotatable bonds is 5. The van der Waals surface area contributed by atoms with Crippen LogP contribution >= 0.6 is 11.6 Å². The summed E-state index contributed by atoms with van der Waals surface area (Å²) in [4.78, 5) is 0.324. The van der Waals surface area contributed by atoms with E-state index in [4.69, 9.17) is 11.6 Å². The lowest BCUT2D eigenvalue weighted by Crippen LogP contribution is -2.22. The van der Waals surface area contributed by atoms with Crippen LogP contribution in [0.1, 0.15) is 6.92 Å². The fourth-order valence-electron chi connectivity index (χ4n) is 1.14. The minimum Gasteiger partial charge on any atom is -0.316 e.